The molecule has 6 nitrogen and oxygen atoms in total. The molecular formula is C19H32ClN5O. The standard InChI is InChI=1S/C19H31N5O.ClH/c25-19(18-7-13-24(21-18)17-4-3-8-20-14-17)23-11-5-16(6-12-23)15-22-9-1-2-10-22;/h7,13,16-17,20H,1-6,8-12,14-15H2;1H. The molecule has 3 aliphatic rings. The number of amides is 1. The van der Waals surface area contributed by atoms with Crippen LogP contribution in [0, 0.1) is 5.92 Å². The van der Waals surface area contributed by atoms with Gasteiger partial charge in [0.2, 0.25) is 0 Å². The molecule has 1 atom stereocenters. The predicted molar refractivity (Wildman–Crippen MR) is 105 cm³/mol. The second-order valence-corrected chi connectivity index (χ2v) is 7.92. The van der Waals surface area contributed by atoms with Gasteiger partial charge in [-0.1, -0.05) is 0 Å². The van der Waals surface area contributed by atoms with Crippen LogP contribution in [0.15, 0.2) is 12.3 Å². The van der Waals surface area contributed by atoms with Crippen molar-refractivity contribution in [1.82, 2.24) is 24.9 Å². The van der Waals surface area contributed by atoms with E-state index < -0.39 is 0 Å². The Morgan fingerprint density at radius 2 is 1.88 bits per heavy atom. The summed E-state index contributed by atoms with van der Waals surface area (Å²) in [6.45, 7) is 7.59. The Morgan fingerprint density at radius 1 is 1.12 bits per heavy atom. The van der Waals surface area contributed by atoms with Crippen molar-refractivity contribution in [2.24, 2.45) is 5.92 Å². The highest BCUT2D eigenvalue weighted by molar-refractivity contribution is 5.92. The maximum absolute atomic E-state index is 12.8. The molecule has 26 heavy (non-hydrogen) atoms. The van der Waals surface area contributed by atoms with Crippen molar-refractivity contribution in [3.05, 3.63) is 18.0 Å². The number of piperidine rings is 2. The van der Waals surface area contributed by atoms with Gasteiger partial charge in [-0.2, -0.15) is 5.10 Å². The maximum atomic E-state index is 12.8. The van der Waals surface area contributed by atoms with Gasteiger partial charge < -0.3 is 15.1 Å². The number of nitrogens with zero attached hydrogens (tertiary/aromatic N) is 4. The summed E-state index contributed by atoms with van der Waals surface area (Å²) >= 11 is 0. The number of hydrogen-bond acceptors (Lipinski definition) is 4. The third kappa shape index (κ3) is 4.59. The van der Waals surface area contributed by atoms with Crippen molar-refractivity contribution in [3.63, 3.8) is 0 Å². The number of nitrogens with one attached hydrogen (secondary N) is 1. The van der Waals surface area contributed by atoms with Gasteiger partial charge in [-0.25, -0.2) is 0 Å². The second kappa shape index (κ2) is 9.20. The van der Waals surface area contributed by atoms with Crippen LogP contribution >= 0.6 is 12.4 Å². The molecule has 0 saturated carbocycles. The molecule has 1 aromatic heterocycles. The molecule has 0 spiro atoms. The minimum absolute atomic E-state index is 0. The fraction of sp³-hybridized carbons (Fsp3) is 0.789. The molecule has 1 amide bonds. The topological polar surface area (TPSA) is 53.4 Å². The van der Waals surface area contributed by atoms with Gasteiger partial charge in [0.25, 0.3) is 5.91 Å². The Balaban J connectivity index is 0.00000196. The van der Waals surface area contributed by atoms with E-state index in [1.54, 1.807) is 0 Å². The quantitative estimate of drug-likeness (QED) is 0.868. The van der Waals surface area contributed by atoms with Crippen LogP contribution in [0.25, 0.3) is 0 Å². The number of halogens is 1. The van der Waals surface area contributed by atoms with Crippen LogP contribution in [0.5, 0.6) is 0 Å². The number of hydrogen-bond donors (Lipinski definition) is 1. The van der Waals surface area contributed by atoms with Crippen LogP contribution in [0.4, 0.5) is 0 Å². The molecule has 0 aromatic carbocycles. The van der Waals surface area contributed by atoms with Crippen molar-refractivity contribution in [1.29, 1.82) is 0 Å². The summed E-state index contributed by atoms with van der Waals surface area (Å²) in [5.41, 5.74) is 0.614. The lowest BCUT2D eigenvalue weighted by Gasteiger charge is -2.33. The zero-order chi connectivity index (χ0) is 17.1. The molecular weight excluding hydrogens is 350 g/mol. The normalized spacial score (nSPS) is 25.2. The number of carbonyl (C=O) groups is 1. The summed E-state index contributed by atoms with van der Waals surface area (Å²) in [5.74, 6) is 0.871. The minimum Gasteiger partial charge on any atom is -0.337 e. The van der Waals surface area contributed by atoms with Crippen molar-refractivity contribution in [2.75, 3.05) is 45.8 Å². The summed E-state index contributed by atoms with van der Waals surface area (Å²) < 4.78 is 1.99. The maximum Gasteiger partial charge on any atom is 0.274 e. The fourth-order valence-corrected chi connectivity index (χ4v) is 4.53. The van der Waals surface area contributed by atoms with Crippen molar-refractivity contribution < 1.29 is 4.79 Å². The zero-order valence-electron chi connectivity index (χ0n) is 15.6. The van der Waals surface area contributed by atoms with Crippen molar-refractivity contribution in [2.45, 2.75) is 44.6 Å². The number of rotatable bonds is 4. The van der Waals surface area contributed by atoms with E-state index in [2.05, 4.69) is 15.3 Å². The van der Waals surface area contributed by atoms with Gasteiger partial charge in [0.15, 0.2) is 0 Å². The first-order valence-corrected chi connectivity index (χ1v) is 10.1. The molecule has 7 heteroatoms. The Bertz CT molecular complexity index is 572. The monoisotopic (exact) mass is 381 g/mol. The Morgan fingerprint density at radius 3 is 2.58 bits per heavy atom. The molecule has 0 bridgehead atoms. The van der Waals surface area contributed by atoms with Gasteiger partial charge in [0.05, 0.1) is 6.04 Å². The minimum atomic E-state index is 0. The molecule has 3 fully saturated rings. The van der Waals surface area contributed by atoms with E-state index in [0.29, 0.717) is 11.7 Å². The average molecular weight is 382 g/mol. The summed E-state index contributed by atoms with van der Waals surface area (Å²) in [4.78, 5) is 17.4. The van der Waals surface area contributed by atoms with Crippen molar-refractivity contribution >= 4 is 18.3 Å². The Labute approximate surface area is 162 Å². The molecule has 1 N–H and O–H groups in total. The lowest BCUT2D eigenvalue weighted by molar-refractivity contribution is 0.0665. The largest absolute Gasteiger partial charge is 0.337 e. The van der Waals surface area contributed by atoms with E-state index in [9.17, 15) is 4.79 Å². The van der Waals surface area contributed by atoms with Crippen LogP contribution < -0.4 is 5.32 Å². The summed E-state index contributed by atoms with van der Waals surface area (Å²) in [5, 5.41) is 8.00. The van der Waals surface area contributed by atoms with Gasteiger partial charge in [-0.15, -0.1) is 12.4 Å². The Hall–Kier alpha value is -1.11. The molecule has 4 heterocycles. The third-order valence-corrected chi connectivity index (χ3v) is 6.09. The van der Waals surface area contributed by atoms with E-state index in [0.717, 1.165) is 51.4 Å². The molecule has 0 radical (unpaired) electrons. The van der Waals surface area contributed by atoms with Crippen LogP contribution in [0.1, 0.15) is 55.1 Å². The lowest BCUT2D eigenvalue weighted by atomic mass is 9.96. The van der Waals surface area contributed by atoms with Gasteiger partial charge >= 0.3 is 0 Å². The Kier molecular flexibility index (Phi) is 6.95. The number of carbonyl (C=O) groups excluding carboxylic acids is 1. The van der Waals surface area contributed by atoms with Gasteiger partial charge in [-0.05, 0) is 70.1 Å². The number of likely N-dealkylation sites (tertiary alicyclic amines) is 2. The number of aromatic nitrogens is 2. The SMILES string of the molecule is Cl.O=C(c1ccn(C2CCCNC2)n1)N1CCC(CN2CCCC2)CC1. The summed E-state index contributed by atoms with van der Waals surface area (Å²) in [6, 6.07) is 2.29. The van der Waals surface area contributed by atoms with Crippen LogP contribution in [0.3, 0.4) is 0 Å². The molecule has 3 aliphatic heterocycles. The van der Waals surface area contributed by atoms with Gasteiger partial charge in [0, 0.05) is 32.4 Å². The highest BCUT2D eigenvalue weighted by atomic mass is 35.5. The molecule has 1 unspecified atom stereocenters. The van der Waals surface area contributed by atoms with Crippen LogP contribution in [0.2, 0.25) is 0 Å². The van der Waals surface area contributed by atoms with Crippen LogP contribution in [-0.2, 0) is 0 Å². The zero-order valence-corrected chi connectivity index (χ0v) is 16.4. The highest BCUT2D eigenvalue weighted by Gasteiger charge is 2.27. The third-order valence-electron chi connectivity index (χ3n) is 6.09. The first-order valence-electron chi connectivity index (χ1n) is 10.1. The molecule has 1 aromatic rings. The first-order chi connectivity index (χ1) is 12.3. The molecule has 146 valence electrons. The smallest absolute Gasteiger partial charge is 0.274 e. The molecule has 3 saturated heterocycles. The lowest BCUT2D eigenvalue weighted by Crippen LogP contribution is -2.41. The van der Waals surface area contributed by atoms with Gasteiger partial charge in [-0.3, -0.25) is 9.48 Å². The summed E-state index contributed by atoms with van der Waals surface area (Å²) in [6.07, 6.45) is 9.28. The van der Waals surface area contributed by atoms with E-state index in [4.69, 9.17) is 0 Å². The van der Waals surface area contributed by atoms with Gasteiger partial charge in [0.1, 0.15) is 5.69 Å². The van der Waals surface area contributed by atoms with Crippen molar-refractivity contribution in [3.8, 4) is 0 Å². The van der Waals surface area contributed by atoms with E-state index in [1.165, 1.54) is 38.9 Å². The second-order valence-electron chi connectivity index (χ2n) is 7.92. The van der Waals surface area contributed by atoms with Crippen LogP contribution in [-0.4, -0.2) is 71.3 Å². The summed E-state index contributed by atoms with van der Waals surface area (Å²) in [7, 11) is 0. The highest BCUT2D eigenvalue weighted by Crippen LogP contribution is 2.22. The van der Waals surface area contributed by atoms with E-state index in [1.807, 2.05) is 21.8 Å². The predicted octanol–water partition coefficient (Wildman–Crippen LogP) is 2.18. The fourth-order valence-electron chi connectivity index (χ4n) is 4.53. The first kappa shape index (κ1) is 19.6. The van der Waals surface area contributed by atoms with E-state index >= 15 is 0 Å². The average Bonchev–Trinajstić information content (AvgIpc) is 3.34. The van der Waals surface area contributed by atoms with E-state index in [-0.39, 0.29) is 18.3 Å². The molecule has 4 rings (SSSR count). The molecule has 0 aliphatic carbocycles.